The molecule has 1 aliphatic carbocycles. The molecule has 0 saturated heterocycles. The van der Waals surface area contributed by atoms with Gasteiger partial charge in [-0.25, -0.2) is 8.42 Å². The average molecular weight is 567 g/mol. The van der Waals surface area contributed by atoms with E-state index >= 15 is 0 Å². The highest BCUT2D eigenvalue weighted by Crippen LogP contribution is 2.50. The van der Waals surface area contributed by atoms with Gasteiger partial charge in [0.1, 0.15) is 5.65 Å². The maximum Gasteiger partial charge on any atom is 0.251 e. The van der Waals surface area contributed by atoms with Crippen LogP contribution in [-0.4, -0.2) is 24.1 Å². The zero-order valence-electron chi connectivity index (χ0n) is 24.2. The van der Waals surface area contributed by atoms with Crippen LogP contribution in [0.25, 0.3) is 33.3 Å². The third kappa shape index (κ3) is 2.42. The second-order valence-electron chi connectivity index (χ2n) is 14.0. The van der Waals surface area contributed by atoms with E-state index in [0.29, 0.717) is 9.79 Å². The summed E-state index contributed by atoms with van der Waals surface area (Å²) in [5, 5.41) is 1.26. The van der Waals surface area contributed by atoms with Crippen molar-refractivity contribution >= 4 is 60.5 Å². The van der Waals surface area contributed by atoms with Crippen LogP contribution in [0, 0.1) is 0 Å². The molecule has 2 aromatic heterocycles. The van der Waals surface area contributed by atoms with Crippen molar-refractivity contribution in [2.45, 2.75) is 73.5 Å². The van der Waals surface area contributed by atoms with Crippen LogP contribution >= 0.6 is 0 Å². The van der Waals surface area contributed by atoms with E-state index in [0.717, 1.165) is 34.8 Å². The van der Waals surface area contributed by atoms with Crippen LogP contribution in [0.1, 0.15) is 69.6 Å². The summed E-state index contributed by atoms with van der Waals surface area (Å²) in [6.45, 7) is 6.82. The Balaban J connectivity index is 1.51. The molecule has 5 heterocycles. The Morgan fingerprint density at radius 1 is 0.738 bits per heavy atom. The van der Waals surface area contributed by atoms with E-state index in [1.165, 1.54) is 63.7 Å². The van der Waals surface area contributed by atoms with Crippen molar-refractivity contribution in [3.8, 4) is 5.69 Å². The predicted molar refractivity (Wildman–Crippen MR) is 171 cm³/mol. The van der Waals surface area contributed by atoms with E-state index in [1.54, 1.807) is 0 Å². The van der Waals surface area contributed by atoms with E-state index in [9.17, 15) is 8.42 Å². The summed E-state index contributed by atoms with van der Waals surface area (Å²) in [4.78, 5) is 1.00. The molecule has 0 unspecified atom stereocenters. The molecule has 6 heteroatoms. The fourth-order valence-corrected chi connectivity index (χ4v) is 11.4. The maximum absolute atomic E-state index is 14.6. The number of nitrogens with zero attached hydrogens (tertiary/aromatic N) is 2. The summed E-state index contributed by atoms with van der Waals surface area (Å²) in [7, 11) is -3.68. The van der Waals surface area contributed by atoms with Crippen molar-refractivity contribution in [3.63, 3.8) is 0 Å². The summed E-state index contributed by atoms with van der Waals surface area (Å²) in [5.74, 6) is 0. The van der Waals surface area contributed by atoms with Crippen LogP contribution in [0.3, 0.4) is 0 Å². The molecule has 1 spiro atoms. The number of imidazole rings is 1. The fraction of sp³-hybridized carbons (Fsp3) is 0.278. The van der Waals surface area contributed by atoms with Gasteiger partial charge in [-0.15, -0.1) is 0 Å². The van der Waals surface area contributed by atoms with Crippen molar-refractivity contribution in [1.82, 2.24) is 8.97 Å². The fourth-order valence-electron chi connectivity index (χ4n) is 9.62. The smallest absolute Gasteiger partial charge is 0.251 e. The monoisotopic (exact) mass is 566 g/mol. The summed E-state index contributed by atoms with van der Waals surface area (Å²) in [5.41, 5.74) is 12.8. The molecule has 3 aliphatic heterocycles. The molecule has 0 atom stereocenters. The Morgan fingerprint density at radius 3 is 2.24 bits per heavy atom. The van der Waals surface area contributed by atoms with Gasteiger partial charge in [0, 0.05) is 22.1 Å². The molecule has 0 amide bonds. The Hall–Kier alpha value is -3.77. The molecule has 4 aromatic carbocycles. The molecular weight excluding hydrogens is 535 g/mol. The lowest BCUT2D eigenvalue weighted by Crippen LogP contribution is -2.67. The van der Waals surface area contributed by atoms with Gasteiger partial charge in [0.25, 0.3) is 6.71 Å². The van der Waals surface area contributed by atoms with Crippen molar-refractivity contribution in [2.75, 3.05) is 0 Å². The topological polar surface area (TPSA) is 43.5 Å². The number of para-hydroxylation sites is 1. The number of aromatic nitrogens is 2. The van der Waals surface area contributed by atoms with E-state index in [1.807, 2.05) is 18.2 Å². The highest BCUT2D eigenvalue weighted by molar-refractivity contribution is 7.92. The summed E-state index contributed by atoms with van der Waals surface area (Å²) in [6, 6.07) is 25.7. The Labute approximate surface area is 246 Å². The van der Waals surface area contributed by atoms with Crippen molar-refractivity contribution in [1.29, 1.82) is 0 Å². The Bertz CT molecular complexity index is 2350. The third-order valence-electron chi connectivity index (χ3n) is 11.0. The van der Waals surface area contributed by atoms with Gasteiger partial charge < -0.3 is 0 Å². The second kappa shape index (κ2) is 7.23. The van der Waals surface area contributed by atoms with Gasteiger partial charge in [0.15, 0.2) is 0 Å². The first-order valence-corrected chi connectivity index (χ1v) is 16.9. The third-order valence-corrected chi connectivity index (χ3v) is 12.9. The van der Waals surface area contributed by atoms with Gasteiger partial charge in [-0.1, -0.05) is 82.5 Å². The summed E-state index contributed by atoms with van der Waals surface area (Å²) >= 11 is 0. The molecule has 0 bridgehead atoms. The van der Waals surface area contributed by atoms with Crippen LogP contribution in [0.5, 0.6) is 0 Å². The standard InChI is InChI=1S/C36H31BN2O2S/c1-35(2,3)29-21-11-5-6-14-24(21)38-26-17-18-28-32-33(26)39(34(29)38)25-15-9-12-22-30(25)37(32)31-23(36(22)19-7-4-8-20-36)13-10-16-27(31)42(28,40)41/h5-6,9-18H,4,7-8,19-20H2,1-3H3. The lowest BCUT2D eigenvalue weighted by Gasteiger charge is -2.49. The number of hydrogen-bond acceptors (Lipinski definition) is 2. The lowest BCUT2D eigenvalue weighted by molar-refractivity contribution is 0.347. The molecule has 4 aliphatic rings. The molecule has 1 saturated carbocycles. The molecule has 0 radical (unpaired) electrons. The first kappa shape index (κ1) is 23.8. The molecule has 42 heavy (non-hydrogen) atoms. The second-order valence-corrected chi connectivity index (χ2v) is 15.9. The number of rotatable bonds is 0. The lowest BCUT2D eigenvalue weighted by atomic mass is 9.29. The van der Waals surface area contributed by atoms with Crippen LogP contribution in [0.15, 0.2) is 82.6 Å². The quantitative estimate of drug-likeness (QED) is 0.216. The largest absolute Gasteiger partial charge is 0.295 e. The predicted octanol–water partition coefficient (Wildman–Crippen LogP) is 5.87. The molecule has 1 fully saturated rings. The van der Waals surface area contributed by atoms with Gasteiger partial charge in [-0.2, -0.15) is 0 Å². The number of hydrogen-bond donors (Lipinski definition) is 0. The molecule has 6 aromatic rings. The first-order chi connectivity index (χ1) is 20.2. The SMILES string of the molecule is CC(C)(C)c1c2ccccc2n2c3ccc4c5c3n(c12)-c1cccc2c1B5c1c(cccc1S4(=O)=O)C21CCCCC1. The van der Waals surface area contributed by atoms with Gasteiger partial charge in [-0.3, -0.25) is 8.97 Å². The van der Waals surface area contributed by atoms with Gasteiger partial charge in [0.05, 0.1) is 26.3 Å². The highest BCUT2D eigenvalue weighted by atomic mass is 32.2. The summed E-state index contributed by atoms with van der Waals surface area (Å²) in [6.07, 6.45) is 5.72. The number of fused-ring (bicyclic) bond motifs is 8. The normalized spacial score (nSPS) is 18.9. The number of benzene rings is 4. The summed E-state index contributed by atoms with van der Waals surface area (Å²) < 4.78 is 34.0. The molecule has 4 nitrogen and oxygen atoms in total. The Morgan fingerprint density at radius 2 is 1.45 bits per heavy atom. The maximum atomic E-state index is 14.6. The minimum Gasteiger partial charge on any atom is -0.295 e. The van der Waals surface area contributed by atoms with Gasteiger partial charge >= 0.3 is 0 Å². The van der Waals surface area contributed by atoms with Crippen molar-refractivity contribution < 1.29 is 8.42 Å². The minimum atomic E-state index is -3.68. The highest BCUT2D eigenvalue weighted by Gasteiger charge is 2.54. The Kier molecular flexibility index (Phi) is 4.09. The van der Waals surface area contributed by atoms with E-state index in [-0.39, 0.29) is 17.5 Å². The van der Waals surface area contributed by atoms with Crippen molar-refractivity contribution in [2.24, 2.45) is 0 Å². The first-order valence-electron chi connectivity index (χ1n) is 15.4. The van der Waals surface area contributed by atoms with Crippen LogP contribution in [0.2, 0.25) is 0 Å². The van der Waals surface area contributed by atoms with E-state index < -0.39 is 9.84 Å². The van der Waals surface area contributed by atoms with Gasteiger partial charge in [0.2, 0.25) is 9.84 Å². The van der Waals surface area contributed by atoms with Crippen LogP contribution < -0.4 is 16.4 Å². The number of sulfone groups is 1. The van der Waals surface area contributed by atoms with Crippen molar-refractivity contribution in [3.05, 3.63) is 89.5 Å². The zero-order chi connectivity index (χ0) is 28.3. The van der Waals surface area contributed by atoms with E-state index in [2.05, 4.69) is 84.3 Å². The van der Waals surface area contributed by atoms with Crippen LogP contribution in [0.4, 0.5) is 0 Å². The average Bonchev–Trinajstić information content (AvgIpc) is 3.50. The van der Waals surface area contributed by atoms with Gasteiger partial charge in [-0.05, 0) is 76.1 Å². The molecular formula is C36H31BN2O2S. The zero-order valence-corrected chi connectivity index (χ0v) is 25.0. The molecule has 10 rings (SSSR count). The molecule has 0 N–H and O–H groups in total. The van der Waals surface area contributed by atoms with E-state index in [4.69, 9.17) is 0 Å². The molecule has 206 valence electrons. The minimum absolute atomic E-state index is 0.0753. The van der Waals surface area contributed by atoms with Crippen LogP contribution in [-0.2, 0) is 20.7 Å².